The zero-order valence-corrected chi connectivity index (χ0v) is 9.94. The van der Waals surface area contributed by atoms with Crippen molar-refractivity contribution >= 4 is 0 Å². The predicted octanol–water partition coefficient (Wildman–Crippen LogP) is 1.92. The van der Waals surface area contributed by atoms with Crippen LogP contribution in [0.2, 0.25) is 0 Å². The number of ether oxygens (including phenoxy) is 1. The number of benzene rings is 1. The molecule has 1 fully saturated rings. The second-order valence-corrected chi connectivity index (χ2v) is 4.60. The Bertz CT molecular complexity index is 354. The zero-order chi connectivity index (χ0) is 11.5. The van der Waals surface area contributed by atoms with E-state index >= 15 is 0 Å². The maximum atomic E-state index is 5.79. The van der Waals surface area contributed by atoms with Crippen LogP contribution in [0.4, 0.5) is 0 Å². The molecule has 0 saturated carbocycles. The minimum Gasteiger partial charge on any atom is -0.376 e. The molecule has 0 radical (unpaired) electrons. The number of rotatable bonds is 3. The third kappa shape index (κ3) is 2.12. The van der Waals surface area contributed by atoms with Crippen LogP contribution in [-0.2, 0) is 4.74 Å². The van der Waals surface area contributed by atoms with Crippen molar-refractivity contribution in [1.82, 2.24) is 5.43 Å². The highest BCUT2D eigenvalue weighted by Crippen LogP contribution is 2.31. The molecule has 0 aliphatic carbocycles. The monoisotopic (exact) mass is 220 g/mol. The van der Waals surface area contributed by atoms with Gasteiger partial charge in [0.15, 0.2) is 0 Å². The Hall–Kier alpha value is -0.900. The fourth-order valence-electron chi connectivity index (χ4n) is 2.44. The van der Waals surface area contributed by atoms with Gasteiger partial charge < -0.3 is 4.74 Å². The van der Waals surface area contributed by atoms with Gasteiger partial charge in [-0.3, -0.25) is 11.3 Å². The van der Waals surface area contributed by atoms with Crippen LogP contribution in [0.15, 0.2) is 24.3 Å². The van der Waals surface area contributed by atoms with Gasteiger partial charge in [0.25, 0.3) is 0 Å². The Labute approximate surface area is 97.0 Å². The second kappa shape index (κ2) is 4.95. The molecule has 1 aromatic rings. The van der Waals surface area contributed by atoms with E-state index in [1.165, 1.54) is 11.1 Å². The van der Waals surface area contributed by atoms with Gasteiger partial charge in [-0.2, -0.15) is 0 Å². The molecule has 0 aromatic heterocycles. The zero-order valence-electron chi connectivity index (χ0n) is 9.94. The summed E-state index contributed by atoms with van der Waals surface area (Å²) in [6.07, 6.45) is 1.31. The van der Waals surface area contributed by atoms with Gasteiger partial charge in [-0.15, -0.1) is 0 Å². The van der Waals surface area contributed by atoms with Crippen molar-refractivity contribution < 1.29 is 4.74 Å². The lowest BCUT2D eigenvalue weighted by atomic mass is 9.91. The molecule has 3 heteroatoms. The van der Waals surface area contributed by atoms with Gasteiger partial charge in [0.2, 0.25) is 0 Å². The predicted molar refractivity (Wildman–Crippen MR) is 64.8 cm³/mol. The van der Waals surface area contributed by atoms with E-state index in [4.69, 9.17) is 10.6 Å². The molecule has 1 aliphatic heterocycles. The fraction of sp³-hybridized carbons (Fsp3) is 0.538. The van der Waals surface area contributed by atoms with Gasteiger partial charge in [0, 0.05) is 6.61 Å². The quantitative estimate of drug-likeness (QED) is 0.604. The largest absolute Gasteiger partial charge is 0.376 e. The number of hydrogen-bond donors (Lipinski definition) is 2. The molecular weight excluding hydrogens is 200 g/mol. The highest BCUT2D eigenvalue weighted by Gasteiger charge is 2.32. The number of nitrogens with two attached hydrogens (primary N) is 1. The van der Waals surface area contributed by atoms with Crippen LogP contribution in [-0.4, -0.2) is 12.7 Å². The first-order chi connectivity index (χ1) is 7.74. The van der Waals surface area contributed by atoms with Crippen LogP contribution in [0.25, 0.3) is 0 Å². The molecule has 1 aromatic carbocycles. The van der Waals surface area contributed by atoms with E-state index < -0.39 is 0 Å². The molecule has 1 aliphatic rings. The topological polar surface area (TPSA) is 47.3 Å². The molecule has 3 nitrogen and oxygen atoms in total. The molecule has 88 valence electrons. The highest BCUT2D eigenvalue weighted by molar-refractivity contribution is 5.29. The Morgan fingerprint density at radius 1 is 1.44 bits per heavy atom. The van der Waals surface area contributed by atoms with Gasteiger partial charge in [0.1, 0.15) is 0 Å². The molecule has 16 heavy (non-hydrogen) atoms. The molecule has 2 rings (SSSR count). The van der Waals surface area contributed by atoms with Gasteiger partial charge in [-0.05, 0) is 30.4 Å². The third-order valence-corrected chi connectivity index (χ3v) is 3.48. The van der Waals surface area contributed by atoms with Crippen molar-refractivity contribution in [3.8, 4) is 0 Å². The van der Waals surface area contributed by atoms with E-state index in [-0.39, 0.29) is 12.1 Å². The van der Waals surface area contributed by atoms with Gasteiger partial charge >= 0.3 is 0 Å². The molecular formula is C13H20N2O. The maximum Gasteiger partial charge on any atom is 0.0809 e. The van der Waals surface area contributed by atoms with Gasteiger partial charge in [-0.25, -0.2) is 0 Å². The first-order valence-corrected chi connectivity index (χ1v) is 5.87. The molecule has 3 atom stereocenters. The Kier molecular flexibility index (Phi) is 3.59. The number of aryl methyl sites for hydroxylation is 1. The molecule has 0 amide bonds. The standard InChI is InChI=1S/C13H20N2O/c1-9-5-3-4-6-11(9)12(15-14)13-10(2)7-8-16-13/h3-6,10,12-13,15H,7-8,14H2,1-2H3. The smallest absolute Gasteiger partial charge is 0.0809 e. The third-order valence-electron chi connectivity index (χ3n) is 3.48. The Balaban J connectivity index is 2.25. The Morgan fingerprint density at radius 3 is 2.75 bits per heavy atom. The summed E-state index contributed by atoms with van der Waals surface area (Å²) in [5.74, 6) is 6.24. The normalized spacial score (nSPS) is 26.9. The SMILES string of the molecule is Cc1ccccc1C(NN)C1OCCC1C. The van der Waals surface area contributed by atoms with Crippen LogP contribution in [0, 0.1) is 12.8 Å². The molecule has 1 heterocycles. The fourth-order valence-corrected chi connectivity index (χ4v) is 2.44. The molecule has 0 bridgehead atoms. The summed E-state index contributed by atoms with van der Waals surface area (Å²) in [5.41, 5.74) is 5.40. The van der Waals surface area contributed by atoms with Crippen LogP contribution >= 0.6 is 0 Å². The van der Waals surface area contributed by atoms with Crippen molar-refractivity contribution in [2.24, 2.45) is 11.8 Å². The lowest BCUT2D eigenvalue weighted by molar-refractivity contribution is 0.0605. The van der Waals surface area contributed by atoms with Crippen molar-refractivity contribution in [1.29, 1.82) is 0 Å². The summed E-state index contributed by atoms with van der Waals surface area (Å²) in [6, 6.07) is 8.42. The van der Waals surface area contributed by atoms with Crippen LogP contribution in [0.1, 0.15) is 30.5 Å². The minimum atomic E-state index is 0.0960. The van der Waals surface area contributed by atoms with Crippen LogP contribution < -0.4 is 11.3 Å². The summed E-state index contributed by atoms with van der Waals surface area (Å²) >= 11 is 0. The summed E-state index contributed by atoms with van der Waals surface area (Å²) < 4.78 is 5.79. The van der Waals surface area contributed by atoms with Crippen molar-refractivity contribution in [3.63, 3.8) is 0 Å². The lowest BCUT2D eigenvalue weighted by Crippen LogP contribution is -2.39. The second-order valence-electron chi connectivity index (χ2n) is 4.60. The first-order valence-electron chi connectivity index (χ1n) is 5.87. The van der Waals surface area contributed by atoms with E-state index in [9.17, 15) is 0 Å². The van der Waals surface area contributed by atoms with Crippen LogP contribution in [0.3, 0.4) is 0 Å². The van der Waals surface area contributed by atoms with E-state index in [0.29, 0.717) is 5.92 Å². The minimum absolute atomic E-state index is 0.0960. The average Bonchev–Trinajstić information content (AvgIpc) is 2.69. The number of nitrogens with one attached hydrogen (secondary N) is 1. The van der Waals surface area contributed by atoms with Crippen molar-refractivity contribution in [2.45, 2.75) is 32.4 Å². The summed E-state index contributed by atoms with van der Waals surface area (Å²) in [7, 11) is 0. The lowest BCUT2D eigenvalue weighted by Gasteiger charge is -2.27. The first kappa shape index (κ1) is 11.6. The van der Waals surface area contributed by atoms with E-state index in [1.807, 2.05) is 12.1 Å². The highest BCUT2D eigenvalue weighted by atomic mass is 16.5. The van der Waals surface area contributed by atoms with Gasteiger partial charge in [-0.1, -0.05) is 31.2 Å². The molecule has 0 spiro atoms. The van der Waals surface area contributed by atoms with Gasteiger partial charge in [0.05, 0.1) is 12.1 Å². The average molecular weight is 220 g/mol. The number of hydrogen-bond acceptors (Lipinski definition) is 3. The van der Waals surface area contributed by atoms with Crippen LogP contribution in [0.5, 0.6) is 0 Å². The van der Waals surface area contributed by atoms with Crippen molar-refractivity contribution in [3.05, 3.63) is 35.4 Å². The molecule has 1 saturated heterocycles. The Morgan fingerprint density at radius 2 is 2.19 bits per heavy atom. The van der Waals surface area contributed by atoms with Crippen molar-refractivity contribution in [2.75, 3.05) is 6.61 Å². The summed E-state index contributed by atoms with van der Waals surface area (Å²) in [6.45, 7) is 5.18. The summed E-state index contributed by atoms with van der Waals surface area (Å²) in [5, 5.41) is 0. The summed E-state index contributed by atoms with van der Waals surface area (Å²) in [4.78, 5) is 0. The van der Waals surface area contributed by atoms with E-state index in [0.717, 1.165) is 13.0 Å². The maximum absolute atomic E-state index is 5.79. The van der Waals surface area contributed by atoms with E-state index in [1.54, 1.807) is 0 Å². The number of hydrazine groups is 1. The molecule has 3 unspecified atom stereocenters. The van der Waals surface area contributed by atoms with E-state index in [2.05, 4.69) is 31.4 Å². The molecule has 3 N–H and O–H groups in total.